The number of hydrogen-bond donors (Lipinski definition) is 2. The summed E-state index contributed by atoms with van der Waals surface area (Å²) in [6.07, 6.45) is 1.29. The summed E-state index contributed by atoms with van der Waals surface area (Å²) in [7, 11) is 0. The van der Waals surface area contributed by atoms with Gasteiger partial charge in [-0.1, -0.05) is 0 Å². The maximum atomic E-state index is 11.4. The lowest BCUT2D eigenvalue weighted by molar-refractivity contribution is -0.122. The molecule has 1 rings (SSSR count). The van der Waals surface area contributed by atoms with E-state index in [1.165, 1.54) is 6.20 Å². The molecular weight excluding hydrogens is 278 g/mol. The zero-order valence-corrected chi connectivity index (χ0v) is 10.5. The first kappa shape index (κ1) is 12.7. The van der Waals surface area contributed by atoms with Crippen LogP contribution in [0.15, 0.2) is 20.3 Å². The van der Waals surface area contributed by atoms with Gasteiger partial charge >= 0.3 is 5.69 Å². The predicted octanol–water partition coefficient (Wildman–Crippen LogP) is -0.176. The maximum absolute atomic E-state index is 11.4. The van der Waals surface area contributed by atoms with Gasteiger partial charge in [-0.05, 0) is 29.8 Å². The molecule has 0 bridgehead atoms. The average molecular weight is 290 g/mol. The zero-order valence-electron chi connectivity index (χ0n) is 8.91. The van der Waals surface area contributed by atoms with E-state index in [-0.39, 0.29) is 23.0 Å². The first-order valence-corrected chi connectivity index (χ1v) is 5.48. The number of aromatic nitrogens is 2. The van der Waals surface area contributed by atoms with Crippen molar-refractivity contribution in [2.24, 2.45) is 0 Å². The molecule has 1 heterocycles. The van der Waals surface area contributed by atoms with Gasteiger partial charge in [-0.2, -0.15) is 0 Å². The van der Waals surface area contributed by atoms with Gasteiger partial charge in [0.05, 0.1) is 4.47 Å². The molecule has 0 radical (unpaired) electrons. The highest BCUT2D eigenvalue weighted by atomic mass is 79.9. The lowest BCUT2D eigenvalue weighted by Crippen LogP contribution is -2.38. The molecule has 88 valence electrons. The number of hydrogen-bond acceptors (Lipinski definition) is 3. The van der Waals surface area contributed by atoms with E-state index in [0.717, 1.165) is 4.57 Å². The molecule has 1 aromatic rings. The van der Waals surface area contributed by atoms with E-state index in [1.807, 2.05) is 13.8 Å². The Labute approximate surface area is 99.8 Å². The molecule has 0 saturated heterocycles. The first-order valence-electron chi connectivity index (χ1n) is 4.68. The minimum Gasteiger partial charge on any atom is -0.352 e. The van der Waals surface area contributed by atoms with Crippen molar-refractivity contribution in [1.82, 2.24) is 14.9 Å². The summed E-state index contributed by atoms with van der Waals surface area (Å²) in [6.45, 7) is 3.53. The second-order valence-electron chi connectivity index (χ2n) is 3.59. The van der Waals surface area contributed by atoms with Crippen LogP contribution in [0, 0.1) is 0 Å². The van der Waals surface area contributed by atoms with Crippen LogP contribution in [-0.2, 0) is 11.3 Å². The molecule has 1 aromatic heterocycles. The fourth-order valence-corrected chi connectivity index (χ4v) is 1.47. The molecule has 0 fully saturated rings. The third-order valence-electron chi connectivity index (χ3n) is 1.73. The Morgan fingerprint density at radius 2 is 2.19 bits per heavy atom. The van der Waals surface area contributed by atoms with E-state index in [9.17, 15) is 14.4 Å². The fraction of sp³-hybridized carbons (Fsp3) is 0.444. The summed E-state index contributed by atoms with van der Waals surface area (Å²) in [5.74, 6) is -0.281. The first-order chi connectivity index (χ1) is 7.40. The molecule has 0 spiro atoms. The van der Waals surface area contributed by atoms with Crippen molar-refractivity contribution >= 4 is 21.8 Å². The van der Waals surface area contributed by atoms with Crippen LogP contribution >= 0.6 is 15.9 Å². The molecule has 16 heavy (non-hydrogen) atoms. The fourth-order valence-electron chi connectivity index (χ4n) is 1.12. The molecule has 0 aliphatic heterocycles. The van der Waals surface area contributed by atoms with Crippen LogP contribution in [0.2, 0.25) is 0 Å². The van der Waals surface area contributed by atoms with Crippen molar-refractivity contribution in [3.8, 4) is 0 Å². The third kappa shape index (κ3) is 3.34. The van der Waals surface area contributed by atoms with Crippen molar-refractivity contribution in [3.63, 3.8) is 0 Å². The predicted molar refractivity (Wildman–Crippen MR) is 62.3 cm³/mol. The van der Waals surface area contributed by atoms with Crippen molar-refractivity contribution < 1.29 is 4.79 Å². The van der Waals surface area contributed by atoms with E-state index in [0.29, 0.717) is 0 Å². The van der Waals surface area contributed by atoms with Crippen LogP contribution in [0.4, 0.5) is 0 Å². The maximum Gasteiger partial charge on any atom is 0.328 e. The lowest BCUT2D eigenvalue weighted by atomic mass is 10.4. The van der Waals surface area contributed by atoms with Crippen LogP contribution in [0.1, 0.15) is 13.8 Å². The Hall–Kier alpha value is -1.37. The number of aromatic amines is 1. The van der Waals surface area contributed by atoms with Crippen LogP contribution in [-0.4, -0.2) is 21.5 Å². The number of amides is 1. The van der Waals surface area contributed by atoms with Crippen LogP contribution < -0.4 is 16.6 Å². The normalized spacial score (nSPS) is 10.5. The molecule has 0 unspecified atom stereocenters. The summed E-state index contributed by atoms with van der Waals surface area (Å²) in [5.41, 5.74) is -1.11. The number of H-pyrrole nitrogens is 1. The summed E-state index contributed by atoms with van der Waals surface area (Å²) in [5, 5.41) is 2.65. The minimum absolute atomic E-state index is 0.00871. The second kappa shape index (κ2) is 5.11. The summed E-state index contributed by atoms with van der Waals surface area (Å²) in [4.78, 5) is 35.8. The topological polar surface area (TPSA) is 84.0 Å². The molecule has 7 heteroatoms. The number of halogens is 1. The average Bonchev–Trinajstić information content (AvgIpc) is 2.12. The van der Waals surface area contributed by atoms with Crippen LogP contribution in [0.5, 0.6) is 0 Å². The van der Waals surface area contributed by atoms with Gasteiger partial charge in [-0.15, -0.1) is 0 Å². The van der Waals surface area contributed by atoms with E-state index < -0.39 is 11.2 Å². The molecule has 1 amide bonds. The highest BCUT2D eigenvalue weighted by molar-refractivity contribution is 9.10. The molecule has 0 saturated carbocycles. The number of nitrogens with zero attached hydrogens (tertiary/aromatic N) is 1. The minimum atomic E-state index is -0.605. The van der Waals surface area contributed by atoms with Crippen molar-refractivity contribution in [2.45, 2.75) is 26.4 Å². The van der Waals surface area contributed by atoms with E-state index in [2.05, 4.69) is 26.2 Å². The third-order valence-corrected chi connectivity index (χ3v) is 2.30. The van der Waals surface area contributed by atoms with Gasteiger partial charge in [-0.25, -0.2) is 4.79 Å². The van der Waals surface area contributed by atoms with Gasteiger partial charge in [0, 0.05) is 12.2 Å². The summed E-state index contributed by atoms with van der Waals surface area (Å²) < 4.78 is 1.34. The summed E-state index contributed by atoms with van der Waals surface area (Å²) >= 11 is 2.99. The number of carbonyl (C=O) groups excluding carboxylic acids is 1. The van der Waals surface area contributed by atoms with E-state index in [4.69, 9.17) is 0 Å². The van der Waals surface area contributed by atoms with E-state index in [1.54, 1.807) is 0 Å². The lowest BCUT2D eigenvalue weighted by Gasteiger charge is -2.09. The highest BCUT2D eigenvalue weighted by Crippen LogP contribution is 1.97. The quantitative estimate of drug-likeness (QED) is 0.810. The smallest absolute Gasteiger partial charge is 0.328 e. The monoisotopic (exact) mass is 289 g/mol. The van der Waals surface area contributed by atoms with Gasteiger partial charge in [-0.3, -0.25) is 19.1 Å². The second-order valence-corrected chi connectivity index (χ2v) is 4.44. The number of carbonyl (C=O) groups is 1. The molecule has 0 aliphatic rings. The van der Waals surface area contributed by atoms with Crippen molar-refractivity contribution in [1.29, 1.82) is 0 Å². The largest absolute Gasteiger partial charge is 0.352 e. The van der Waals surface area contributed by atoms with Gasteiger partial charge in [0.15, 0.2) is 0 Å². The Balaban J connectivity index is 2.90. The molecular formula is C9H12BrN3O3. The molecule has 0 aliphatic carbocycles. The summed E-state index contributed by atoms with van der Waals surface area (Å²) in [6, 6.07) is 0.00871. The Bertz CT molecular complexity index is 503. The van der Waals surface area contributed by atoms with Gasteiger partial charge in [0.25, 0.3) is 5.56 Å². The van der Waals surface area contributed by atoms with Crippen molar-refractivity contribution in [3.05, 3.63) is 31.5 Å². The molecule has 0 aromatic carbocycles. The SMILES string of the molecule is CC(C)NC(=O)Cn1cc(Br)c(=O)[nH]c1=O. The zero-order chi connectivity index (χ0) is 12.3. The molecule has 6 nitrogen and oxygen atoms in total. The molecule has 2 N–H and O–H groups in total. The van der Waals surface area contributed by atoms with Gasteiger partial charge < -0.3 is 5.32 Å². The standard InChI is InChI=1S/C9H12BrN3O3/c1-5(2)11-7(14)4-13-3-6(10)8(15)12-9(13)16/h3,5H,4H2,1-2H3,(H,11,14)(H,12,15,16). The Kier molecular flexibility index (Phi) is 4.05. The van der Waals surface area contributed by atoms with Gasteiger partial charge in [0.1, 0.15) is 6.54 Å². The molecule has 0 atom stereocenters. The van der Waals surface area contributed by atoms with E-state index >= 15 is 0 Å². The number of nitrogens with one attached hydrogen (secondary N) is 2. The Morgan fingerprint density at radius 3 is 2.75 bits per heavy atom. The highest BCUT2D eigenvalue weighted by Gasteiger charge is 2.07. The van der Waals surface area contributed by atoms with Crippen molar-refractivity contribution in [2.75, 3.05) is 0 Å². The van der Waals surface area contributed by atoms with Gasteiger partial charge in [0.2, 0.25) is 5.91 Å². The number of rotatable bonds is 3. The van der Waals surface area contributed by atoms with Crippen LogP contribution in [0.25, 0.3) is 0 Å². The van der Waals surface area contributed by atoms with Crippen LogP contribution in [0.3, 0.4) is 0 Å². The Morgan fingerprint density at radius 1 is 1.56 bits per heavy atom.